The third-order valence-electron chi connectivity index (χ3n) is 2.44. The Kier molecular flexibility index (Phi) is 2.78. The first-order valence-electron chi connectivity index (χ1n) is 4.79. The van der Waals surface area contributed by atoms with Crippen LogP contribution in [-0.4, -0.2) is 0 Å². The maximum absolute atomic E-state index is 5.95. The summed E-state index contributed by atoms with van der Waals surface area (Å²) in [6.45, 7) is 2.09. The molecule has 0 heterocycles. The van der Waals surface area contributed by atoms with Crippen molar-refractivity contribution in [3.8, 4) is 11.1 Å². The average Bonchev–Trinajstić information content (AvgIpc) is 2.20. The largest absolute Gasteiger partial charge is 0.398 e. The maximum Gasteiger partial charge on any atom is 0.0393 e. The Balaban J connectivity index is 2.60. The molecule has 0 fully saturated rings. The van der Waals surface area contributed by atoms with Gasteiger partial charge in [-0.25, -0.2) is 0 Å². The normalized spacial score (nSPS) is 10.3. The van der Waals surface area contributed by atoms with Crippen molar-refractivity contribution < 1.29 is 0 Å². The van der Waals surface area contributed by atoms with E-state index in [2.05, 4.69) is 35.0 Å². The second-order valence-electron chi connectivity index (χ2n) is 3.55. The van der Waals surface area contributed by atoms with Crippen molar-refractivity contribution in [3.63, 3.8) is 0 Å². The molecule has 0 amide bonds. The molecular weight excluding hydrogens is 250 g/mol. The summed E-state index contributed by atoms with van der Waals surface area (Å²) in [6, 6.07) is 14.2. The fourth-order valence-corrected chi connectivity index (χ4v) is 2.15. The molecule has 0 spiro atoms. The Morgan fingerprint density at radius 2 is 1.73 bits per heavy atom. The minimum absolute atomic E-state index is 0.822. The van der Waals surface area contributed by atoms with Gasteiger partial charge in [-0.05, 0) is 36.2 Å². The molecule has 2 rings (SSSR count). The molecule has 1 nitrogen and oxygen atoms in total. The van der Waals surface area contributed by atoms with Crippen LogP contribution >= 0.6 is 15.9 Å². The molecule has 0 aliphatic rings. The number of halogens is 1. The highest BCUT2D eigenvalue weighted by atomic mass is 79.9. The topological polar surface area (TPSA) is 26.0 Å². The van der Waals surface area contributed by atoms with Gasteiger partial charge in [0.15, 0.2) is 0 Å². The average molecular weight is 262 g/mol. The van der Waals surface area contributed by atoms with Crippen LogP contribution in [0.15, 0.2) is 46.9 Å². The molecule has 2 aromatic carbocycles. The Hall–Kier alpha value is -1.28. The zero-order chi connectivity index (χ0) is 10.8. The van der Waals surface area contributed by atoms with Crippen molar-refractivity contribution in [1.29, 1.82) is 0 Å². The number of hydrogen-bond acceptors (Lipinski definition) is 1. The lowest BCUT2D eigenvalue weighted by Crippen LogP contribution is -1.91. The van der Waals surface area contributed by atoms with E-state index in [9.17, 15) is 0 Å². The van der Waals surface area contributed by atoms with Crippen molar-refractivity contribution >= 4 is 21.6 Å². The van der Waals surface area contributed by atoms with E-state index in [4.69, 9.17) is 5.73 Å². The molecule has 0 aliphatic heterocycles. The van der Waals surface area contributed by atoms with Gasteiger partial charge in [-0.3, -0.25) is 0 Å². The molecule has 0 saturated carbocycles. The van der Waals surface area contributed by atoms with E-state index in [1.165, 1.54) is 11.1 Å². The van der Waals surface area contributed by atoms with Crippen LogP contribution in [0.2, 0.25) is 0 Å². The lowest BCUT2D eigenvalue weighted by atomic mass is 9.99. The number of aryl methyl sites for hydroxylation is 1. The van der Waals surface area contributed by atoms with Gasteiger partial charge in [0.1, 0.15) is 0 Å². The number of benzene rings is 2. The van der Waals surface area contributed by atoms with E-state index in [1.807, 2.05) is 30.3 Å². The predicted octanol–water partition coefficient (Wildman–Crippen LogP) is 4.01. The standard InChI is InChI=1S/C13H12BrN/c1-9-8-10(14)6-7-11(9)12-4-2-3-5-13(12)15/h2-8H,15H2,1H3. The third kappa shape index (κ3) is 2.05. The number of para-hydroxylation sites is 1. The van der Waals surface area contributed by atoms with E-state index in [0.717, 1.165) is 15.7 Å². The lowest BCUT2D eigenvalue weighted by Gasteiger charge is -2.09. The quantitative estimate of drug-likeness (QED) is 0.772. The summed E-state index contributed by atoms with van der Waals surface area (Å²) in [7, 11) is 0. The highest BCUT2D eigenvalue weighted by Crippen LogP contribution is 2.29. The minimum atomic E-state index is 0.822. The van der Waals surface area contributed by atoms with E-state index < -0.39 is 0 Å². The van der Waals surface area contributed by atoms with Crippen LogP contribution in [0, 0.1) is 6.92 Å². The summed E-state index contributed by atoms with van der Waals surface area (Å²) in [5, 5.41) is 0. The number of nitrogens with two attached hydrogens (primary N) is 1. The molecular formula is C13H12BrN. The Morgan fingerprint density at radius 3 is 2.40 bits per heavy atom. The summed E-state index contributed by atoms with van der Waals surface area (Å²) in [4.78, 5) is 0. The van der Waals surface area contributed by atoms with Crippen molar-refractivity contribution in [1.82, 2.24) is 0 Å². The number of anilines is 1. The second kappa shape index (κ2) is 4.07. The fraction of sp³-hybridized carbons (Fsp3) is 0.0769. The summed E-state index contributed by atoms with van der Waals surface area (Å²) in [5.74, 6) is 0. The molecule has 76 valence electrons. The van der Waals surface area contributed by atoms with Crippen molar-refractivity contribution in [2.24, 2.45) is 0 Å². The molecule has 0 radical (unpaired) electrons. The van der Waals surface area contributed by atoms with Gasteiger partial charge in [0.2, 0.25) is 0 Å². The highest BCUT2D eigenvalue weighted by Gasteiger charge is 2.04. The van der Waals surface area contributed by atoms with E-state index in [-0.39, 0.29) is 0 Å². The fourth-order valence-electron chi connectivity index (χ4n) is 1.67. The predicted molar refractivity (Wildman–Crippen MR) is 68.7 cm³/mol. The van der Waals surface area contributed by atoms with Crippen molar-refractivity contribution in [2.45, 2.75) is 6.92 Å². The molecule has 2 heteroatoms. The number of rotatable bonds is 1. The Bertz CT molecular complexity index is 492. The molecule has 0 bridgehead atoms. The van der Waals surface area contributed by atoms with Crippen LogP contribution in [0.4, 0.5) is 5.69 Å². The van der Waals surface area contributed by atoms with Crippen LogP contribution < -0.4 is 5.73 Å². The molecule has 0 atom stereocenters. The summed E-state index contributed by atoms with van der Waals surface area (Å²) < 4.78 is 1.10. The molecule has 15 heavy (non-hydrogen) atoms. The van der Waals surface area contributed by atoms with Crippen LogP contribution in [-0.2, 0) is 0 Å². The first-order valence-corrected chi connectivity index (χ1v) is 5.59. The Labute approximate surface area is 98.1 Å². The summed E-state index contributed by atoms with van der Waals surface area (Å²) in [6.07, 6.45) is 0. The molecule has 0 aromatic heterocycles. The first-order chi connectivity index (χ1) is 7.18. The van der Waals surface area contributed by atoms with Gasteiger partial charge in [-0.2, -0.15) is 0 Å². The molecule has 0 aliphatic carbocycles. The van der Waals surface area contributed by atoms with Gasteiger partial charge < -0.3 is 5.73 Å². The monoisotopic (exact) mass is 261 g/mol. The van der Waals surface area contributed by atoms with Crippen LogP contribution in [0.25, 0.3) is 11.1 Å². The van der Waals surface area contributed by atoms with Crippen LogP contribution in [0.3, 0.4) is 0 Å². The van der Waals surface area contributed by atoms with Crippen molar-refractivity contribution in [3.05, 3.63) is 52.5 Å². The minimum Gasteiger partial charge on any atom is -0.398 e. The van der Waals surface area contributed by atoms with Gasteiger partial charge in [0.25, 0.3) is 0 Å². The van der Waals surface area contributed by atoms with Gasteiger partial charge in [-0.15, -0.1) is 0 Å². The Morgan fingerprint density at radius 1 is 1.00 bits per heavy atom. The smallest absolute Gasteiger partial charge is 0.0393 e. The van der Waals surface area contributed by atoms with E-state index in [0.29, 0.717) is 0 Å². The molecule has 0 unspecified atom stereocenters. The van der Waals surface area contributed by atoms with Gasteiger partial charge in [0, 0.05) is 15.7 Å². The van der Waals surface area contributed by atoms with E-state index >= 15 is 0 Å². The molecule has 2 aromatic rings. The maximum atomic E-state index is 5.95. The zero-order valence-electron chi connectivity index (χ0n) is 8.50. The molecule has 0 saturated heterocycles. The van der Waals surface area contributed by atoms with Gasteiger partial charge in [0.05, 0.1) is 0 Å². The highest BCUT2D eigenvalue weighted by molar-refractivity contribution is 9.10. The SMILES string of the molecule is Cc1cc(Br)ccc1-c1ccccc1N. The second-order valence-corrected chi connectivity index (χ2v) is 4.46. The summed E-state index contributed by atoms with van der Waals surface area (Å²) >= 11 is 3.46. The zero-order valence-corrected chi connectivity index (χ0v) is 10.1. The molecule has 2 N–H and O–H groups in total. The lowest BCUT2D eigenvalue weighted by molar-refractivity contribution is 1.44. The number of nitrogen functional groups attached to an aromatic ring is 1. The van der Waals surface area contributed by atoms with Crippen molar-refractivity contribution in [2.75, 3.05) is 5.73 Å². The third-order valence-corrected chi connectivity index (χ3v) is 2.93. The van der Waals surface area contributed by atoms with Crippen LogP contribution in [0.5, 0.6) is 0 Å². The van der Waals surface area contributed by atoms with Crippen LogP contribution in [0.1, 0.15) is 5.56 Å². The van der Waals surface area contributed by atoms with E-state index in [1.54, 1.807) is 0 Å². The summed E-state index contributed by atoms with van der Waals surface area (Å²) in [5.41, 5.74) is 10.3. The van der Waals surface area contributed by atoms with Gasteiger partial charge >= 0.3 is 0 Å². The van der Waals surface area contributed by atoms with Gasteiger partial charge in [-0.1, -0.05) is 40.2 Å². The first kappa shape index (κ1) is 10.2. The number of hydrogen-bond donors (Lipinski definition) is 1.